The maximum Gasteiger partial charge on any atom is 0.244 e. The Morgan fingerprint density at radius 3 is 2.35 bits per heavy atom. The van der Waals surface area contributed by atoms with Gasteiger partial charge in [0.1, 0.15) is 30.8 Å². The molecule has 0 fully saturated rings. The van der Waals surface area contributed by atoms with E-state index in [-0.39, 0.29) is 25.5 Å². The van der Waals surface area contributed by atoms with Crippen LogP contribution in [-0.4, -0.2) is 17.0 Å². The molecule has 0 N–H and O–H groups in total. The van der Waals surface area contributed by atoms with E-state index in [2.05, 4.69) is 15.9 Å². The number of ketones is 1. The molecule has 192 valence electrons. The number of halogens is 5. The summed E-state index contributed by atoms with van der Waals surface area (Å²) in [4.78, 5) is 12.5. The van der Waals surface area contributed by atoms with Gasteiger partial charge < -0.3 is 9.47 Å². The van der Waals surface area contributed by atoms with Crippen molar-refractivity contribution in [1.29, 1.82) is 0 Å². The number of ether oxygens (including phenoxy) is 2. The van der Waals surface area contributed by atoms with E-state index in [1.807, 2.05) is 47.6 Å². The molecule has 0 bridgehead atoms. The van der Waals surface area contributed by atoms with E-state index in [0.717, 1.165) is 15.6 Å². The average Bonchev–Trinajstić information content (AvgIpc) is 3.29. The fourth-order valence-corrected chi connectivity index (χ4v) is 4.87. The molecule has 0 saturated carbocycles. The van der Waals surface area contributed by atoms with E-state index in [0.29, 0.717) is 32.4 Å². The first-order valence-electron chi connectivity index (χ1n) is 11.2. The minimum absolute atomic E-state index is 0.0201. The molecule has 3 aromatic carbocycles. The second-order valence-electron chi connectivity index (χ2n) is 8.27. The number of hydrogen-bond acceptors (Lipinski definition) is 3. The lowest BCUT2D eigenvalue weighted by Crippen LogP contribution is -2.37. The van der Waals surface area contributed by atoms with E-state index >= 15 is 0 Å². The number of rotatable bonds is 11. The van der Waals surface area contributed by atoms with E-state index in [1.165, 1.54) is 0 Å². The van der Waals surface area contributed by atoms with Crippen molar-refractivity contribution in [1.82, 2.24) is 4.57 Å². The summed E-state index contributed by atoms with van der Waals surface area (Å²) < 4.78 is 16.5. The second kappa shape index (κ2) is 13.1. The largest absolute Gasteiger partial charge is 0.486 e. The quantitative estimate of drug-likeness (QED) is 0.157. The molecule has 0 aliphatic heterocycles. The van der Waals surface area contributed by atoms with Crippen LogP contribution in [0.2, 0.25) is 20.1 Å². The Morgan fingerprint density at radius 1 is 0.946 bits per heavy atom. The summed E-state index contributed by atoms with van der Waals surface area (Å²) in [5.74, 6) is 0.580. The second-order valence-corrected chi connectivity index (χ2v) is 10.9. The van der Waals surface area contributed by atoms with Crippen molar-refractivity contribution in [3.05, 3.63) is 115 Å². The summed E-state index contributed by atoms with van der Waals surface area (Å²) in [6.45, 7) is 0.862. The number of imidazole rings is 1. The Kier molecular flexibility index (Phi) is 9.93. The third kappa shape index (κ3) is 8.21. The number of aromatic nitrogens is 2. The highest BCUT2D eigenvalue weighted by atomic mass is 79.9. The minimum atomic E-state index is -0.409. The number of nitrogens with zero attached hydrogens (tertiary/aromatic N) is 2. The first-order chi connectivity index (χ1) is 17.8. The zero-order chi connectivity index (χ0) is 26.4. The van der Waals surface area contributed by atoms with Crippen LogP contribution in [0.25, 0.3) is 0 Å². The first kappa shape index (κ1) is 28.0. The van der Waals surface area contributed by atoms with E-state index in [9.17, 15) is 4.79 Å². The molecular weight excluding hydrogens is 622 g/mol. The van der Waals surface area contributed by atoms with Crippen LogP contribution in [0.1, 0.15) is 17.2 Å². The third-order valence-corrected chi connectivity index (χ3v) is 7.14. The third-order valence-electron chi connectivity index (χ3n) is 5.46. The molecule has 0 amide bonds. The molecule has 4 aromatic rings. The fraction of sp³-hybridized carbons (Fsp3) is 0.185. The molecule has 37 heavy (non-hydrogen) atoms. The van der Waals surface area contributed by atoms with Crippen molar-refractivity contribution in [3.63, 3.8) is 0 Å². The summed E-state index contributed by atoms with van der Waals surface area (Å²) in [7, 11) is 0. The van der Waals surface area contributed by atoms with Crippen LogP contribution in [0, 0.1) is 0 Å². The van der Waals surface area contributed by atoms with E-state index in [1.54, 1.807) is 41.0 Å². The van der Waals surface area contributed by atoms with Crippen LogP contribution in [0.15, 0.2) is 83.9 Å². The van der Waals surface area contributed by atoms with Gasteiger partial charge in [-0.2, -0.15) is 0 Å². The van der Waals surface area contributed by atoms with Gasteiger partial charge in [-0.3, -0.25) is 4.79 Å². The lowest BCUT2D eigenvalue weighted by Gasteiger charge is -2.19. The normalized spacial score (nSPS) is 11.9. The summed E-state index contributed by atoms with van der Waals surface area (Å²) >= 11 is 28.3. The molecule has 1 heterocycles. The number of benzene rings is 3. The molecule has 4 rings (SSSR count). The van der Waals surface area contributed by atoms with Crippen molar-refractivity contribution in [2.45, 2.75) is 25.8 Å². The highest BCUT2D eigenvalue weighted by Gasteiger charge is 2.21. The van der Waals surface area contributed by atoms with Crippen LogP contribution >= 0.6 is 62.3 Å². The van der Waals surface area contributed by atoms with Crippen LogP contribution in [0.5, 0.6) is 5.75 Å². The van der Waals surface area contributed by atoms with Gasteiger partial charge in [0, 0.05) is 30.1 Å². The summed E-state index contributed by atoms with van der Waals surface area (Å²) in [5.41, 5.74) is 1.59. The molecule has 1 atom stereocenters. The Balaban J connectivity index is 1.42. The SMILES string of the molecule is O=C(COc1ccc(Br)cc1)C[n+]1ccn(CC(OCc2ccc(Cl)cc2Cl)c2ccc(Cl)cc2Cl)c1. The number of carbonyl (C=O) groups is 1. The van der Waals surface area contributed by atoms with Crippen molar-refractivity contribution >= 4 is 68.1 Å². The fourth-order valence-electron chi connectivity index (χ4n) is 3.61. The van der Waals surface area contributed by atoms with Crippen molar-refractivity contribution in [2.24, 2.45) is 0 Å². The Bertz CT molecular complexity index is 1380. The first-order valence-corrected chi connectivity index (χ1v) is 13.5. The highest BCUT2D eigenvalue weighted by Crippen LogP contribution is 2.31. The summed E-state index contributed by atoms with van der Waals surface area (Å²) in [5, 5.41) is 2.12. The molecular formula is C27H22BrCl4N2O3+. The Morgan fingerprint density at radius 2 is 1.65 bits per heavy atom. The lowest BCUT2D eigenvalue weighted by molar-refractivity contribution is -0.683. The van der Waals surface area contributed by atoms with Gasteiger partial charge >= 0.3 is 0 Å². The predicted molar refractivity (Wildman–Crippen MR) is 150 cm³/mol. The van der Waals surface area contributed by atoms with Gasteiger partial charge in [-0.05, 0) is 54.1 Å². The minimum Gasteiger partial charge on any atom is -0.486 e. The smallest absolute Gasteiger partial charge is 0.244 e. The van der Waals surface area contributed by atoms with E-state index < -0.39 is 6.10 Å². The Hall–Kier alpha value is -2.06. The average molecular weight is 644 g/mol. The van der Waals surface area contributed by atoms with Gasteiger partial charge in [0.2, 0.25) is 12.1 Å². The molecule has 0 spiro atoms. The lowest BCUT2D eigenvalue weighted by atomic mass is 10.1. The van der Waals surface area contributed by atoms with Crippen LogP contribution in [0.4, 0.5) is 0 Å². The van der Waals surface area contributed by atoms with Gasteiger partial charge in [-0.15, -0.1) is 0 Å². The number of Topliss-reactive ketones (excluding diaryl/α,β-unsaturated/α-hetero) is 1. The molecule has 1 aromatic heterocycles. The monoisotopic (exact) mass is 641 g/mol. The predicted octanol–water partition coefficient (Wildman–Crippen LogP) is 7.76. The van der Waals surface area contributed by atoms with Crippen molar-refractivity contribution in [3.8, 4) is 5.75 Å². The van der Waals surface area contributed by atoms with Gasteiger partial charge in [0.15, 0.2) is 13.2 Å². The van der Waals surface area contributed by atoms with Crippen molar-refractivity contribution < 1.29 is 18.8 Å². The van der Waals surface area contributed by atoms with Crippen LogP contribution in [-0.2, 0) is 29.2 Å². The summed E-state index contributed by atoms with van der Waals surface area (Å²) in [6, 6.07) is 17.9. The zero-order valence-corrected chi connectivity index (χ0v) is 24.0. The number of carbonyl (C=O) groups excluding carboxylic acids is 1. The molecule has 0 saturated heterocycles. The van der Waals surface area contributed by atoms with E-state index in [4.69, 9.17) is 55.9 Å². The zero-order valence-electron chi connectivity index (χ0n) is 19.4. The molecule has 0 radical (unpaired) electrons. The Labute approximate surface area is 243 Å². The van der Waals surface area contributed by atoms with Gasteiger partial charge in [-0.25, -0.2) is 9.13 Å². The topological polar surface area (TPSA) is 44.3 Å². The molecule has 10 heteroatoms. The number of hydrogen-bond donors (Lipinski definition) is 0. The molecule has 0 aliphatic rings. The molecule has 1 unspecified atom stereocenters. The van der Waals surface area contributed by atoms with Gasteiger partial charge in [-0.1, -0.05) is 74.5 Å². The van der Waals surface area contributed by atoms with Crippen LogP contribution in [0.3, 0.4) is 0 Å². The van der Waals surface area contributed by atoms with Crippen LogP contribution < -0.4 is 9.30 Å². The van der Waals surface area contributed by atoms with Gasteiger partial charge in [0.25, 0.3) is 0 Å². The maximum atomic E-state index is 12.5. The summed E-state index contributed by atoms with van der Waals surface area (Å²) in [6.07, 6.45) is 5.13. The molecule has 0 aliphatic carbocycles. The standard InChI is InChI=1S/C27H22BrCl4N2O3/c28-19-2-6-23(7-3-19)36-16-22(35)13-33-9-10-34(17-33)14-27(24-8-5-21(30)12-26(24)32)37-15-18-1-4-20(29)11-25(18)31/h1-12,17,27H,13-16H2/q+1. The molecule has 5 nitrogen and oxygen atoms in total. The van der Waals surface area contributed by atoms with Crippen molar-refractivity contribution in [2.75, 3.05) is 6.61 Å². The maximum absolute atomic E-state index is 12.5. The highest BCUT2D eigenvalue weighted by molar-refractivity contribution is 9.10. The van der Waals surface area contributed by atoms with Gasteiger partial charge in [0.05, 0.1) is 6.61 Å².